The van der Waals surface area contributed by atoms with Crippen LogP contribution in [0, 0.1) is 0 Å². The molecular formula is C10H12N6O. The first-order valence-corrected chi connectivity index (χ1v) is 5.50. The van der Waals surface area contributed by atoms with Gasteiger partial charge in [-0.25, -0.2) is 9.67 Å². The second kappa shape index (κ2) is 3.69. The first kappa shape index (κ1) is 10.0. The number of fused-ring (bicyclic) bond motifs is 1. The molecule has 1 aliphatic heterocycles. The predicted octanol–water partition coefficient (Wildman–Crippen LogP) is 0.495. The maximum Gasteiger partial charge on any atom is 0.226 e. The summed E-state index contributed by atoms with van der Waals surface area (Å²) < 4.78 is 1.81. The van der Waals surface area contributed by atoms with Gasteiger partial charge in [0.05, 0.1) is 12.1 Å². The number of aryl methyl sites for hydroxylation is 1. The highest BCUT2D eigenvalue weighted by Gasteiger charge is 2.31. The van der Waals surface area contributed by atoms with Crippen LogP contribution in [-0.4, -0.2) is 30.9 Å². The molecule has 0 aliphatic carbocycles. The van der Waals surface area contributed by atoms with E-state index in [4.69, 9.17) is 0 Å². The normalized spacial score (nSPS) is 18.9. The number of aromatic nitrogens is 5. The summed E-state index contributed by atoms with van der Waals surface area (Å²) in [6, 6.07) is 0. The van der Waals surface area contributed by atoms with Crippen molar-refractivity contribution in [2.45, 2.75) is 25.8 Å². The Morgan fingerprint density at radius 1 is 1.59 bits per heavy atom. The summed E-state index contributed by atoms with van der Waals surface area (Å²) in [7, 11) is 0. The molecule has 0 saturated heterocycles. The van der Waals surface area contributed by atoms with Gasteiger partial charge in [-0.2, -0.15) is 10.2 Å². The molecule has 1 unspecified atom stereocenters. The zero-order valence-corrected chi connectivity index (χ0v) is 9.34. The lowest BCUT2D eigenvalue weighted by molar-refractivity contribution is -0.116. The molecule has 88 valence electrons. The van der Waals surface area contributed by atoms with Gasteiger partial charge in [-0.1, -0.05) is 0 Å². The molecule has 2 N–H and O–H groups in total. The molecule has 0 fully saturated rings. The Labute approximate surface area is 97.2 Å². The molecule has 1 aliphatic rings. The van der Waals surface area contributed by atoms with Gasteiger partial charge in [-0.05, 0) is 6.92 Å². The first-order valence-electron chi connectivity index (χ1n) is 5.50. The Bertz CT molecular complexity index is 557. The molecule has 2 aromatic heterocycles. The summed E-state index contributed by atoms with van der Waals surface area (Å²) in [5.41, 5.74) is 0.965. The number of amides is 1. The van der Waals surface area contributed by atoms with E-state index >= 15 is 0 Å². The molecule has 0 spiro atoms. The fourth-order valence-electron chi connectivity index (χ4n) is 2.16. The number of rotatable bonds is 2. The maximum absolute atomic E-state index is 11.6. The topological polar surface area (TPSA) is 88.5 Å². The summed E-state index contributed by atoms with van der Waals surface area (Å²) >= 11 is 0. The number of carbonyl (C=O) groups is 1. The number of carbonyl (C=O) groups excluding carboxylic acids is 1. The molecule has 1 atom stereocenters. The highest BCUT2D eigenvalue weighted by Crippen LogP contribution is 2.34. The van der Waals surface area contributed by atoms with Gasteiger partial charge in [0, 0.05) is 18.5 Å². The average Bonchev–Trinajstić information content (AvgIpc) is 2.95. The van der Waals surface area contributed by atoms with Crippen LogP contribution in [0.5, 0.6) is 0 Å². The summed E-state index contributed by atoms with van der Waals surface area (Å²) in [6.07, 6.45) is 3.63. The Hall–Kier alpha value is -2.18. The van der Waals surface area contributed by atoms with E-state index in [0.717, 1.165) is 17.9 Å². The smallest absolute Gasteiger partial charge is 0.226 e. The number of nitrogens with zero attached hydrogens (tertiary/aromatic N) is 4. The fourth-order valence-corrected chi connectivity index (χ4v) is 2.16. The fraction of sp³-hybridized carbons (Fsp3) is 0.400. The van der Waals surface area contributed by atoms with Gasteiger partial charge in [0.2, 0.25) is 5.91 Å². The second-order valence-corrected chi connectivity index (χ2v) is 3.94. The van der Waals surface area contributed by atoms with Crippen molar-refractivity contribution in [1.82, 2.24) is 25.0 Å². The van der Waals surface area contributed by atoms with Crippen LogP contribution >= 0.6 is 0 Å². The van der Waals surface area contributed by atoms with Gasteiger partial charge in [-0.15, -0.1) is 0 Å². The molecule has 0 aromatic carbocycles. The van der Waals surface area contributed by atoms with Crippen molar-refractivity contribution in [2.75, 3.05) is 5.32 Å². The predicted molar refractivity (Wildman–Crippen MR) is 59.4 cm³/mol. The number of anilines is 1. The van der Waals surface area contributed by atoms with Crippen molar-refractivity contribution in [1.29, 1.82) is 0 Å². The molecule has 7 nitrogen and oxygen atoms in total. The van der Waals surface area contributed by atoms with Gasteiger partial charge in [-0.3, -0.25) is 9.89 Å². The Balaban J connectivity index is 2.08. The van der Waals surface area contributed by atoms with Gasteiger partial charge >= 0.3 is 0 Å². The van der Waals surface area contributed by atoms with E-state index in [1.807, 2.05) is 6.92 Å². The quantitative estimate of drug-likeness (QED) is 0.788. The van der Waals surface area contributed by atoms with E-state index in [1.165, 1.54) is 6.33 Å². The third-order valence-corrected chi connectivity index (χ3v) is 2.95. The van der Waals surface area contributed by atoms with Crippen LogP contribution < -0.4 is 5.32 Å². The molecule has 7 heteroatoms. The molecule has 17 heavy (non-hydrogen) atoms. The Kier molecular flexibility index (Phi) is 2.17. The van der Waals surface area contributed by atoms with Gasteiger partial charge in [0.15, 0.2) is 0 Å². The van der Waals surface area contributed by atoms with E-state index in [0.29, 0.717) is 12.2 Å². The molecule has 2 aromatic rings. The second-order valence-electron chi connectivity index (χ2n) is 3.94. The number of hydrogen-bond donors (Lipinski definition) is 2. The third kappa shape index (κ3) is 1.50. The molecule has 3 rings (SSSR count). The zero-order chi connectivity index (χ0) is 11.8. The van der Waals surface area contributed by atoms with Crippen LogP contribution in [0.25, 0.3) is 0 Å². The van der Waals surface area contributed by atoms with Crippen LogP contribution in [0.1, 0.15) is 30.7 Å². The maximum atomic E-state index is 11.6. The summed E-state index contributed by atoms with van der Waals surface area (Å²) in [5.74, 6) is 1.37. The van der Waals surface area contributed by atoms with E-state index in [1.54, 1.807) is 10.9 Å². The minimum atomic E-state index is -0.0695. The molecule has 0 saturated carbocycles. The van der Waals surface area contributed by atoms with Crippen molar-refractivity contribution in [3.05, 3.63) is 23.9 Å². The number of aromatic amines is 1. The summed E-state index contributed by atoms with van der Waals surface area (Å²) in [6.45, 7) is 2.73. The molecule has 1 amide bonds. The molecular weight excluding hydrogens is 220 g/mol. The van der Waals surface area contributed by atoms with Gasteiger partial charge < -0.3 is 5.32 Å². The lowest BCUT2D eigenvalue weighted by atomic mass is 9.93. The first-order chi connectivity index (χ1) is 8.29. The summed E-state index contributed by atoms with van der Waals surface area (Å²) in [4.78, 5) is 15.9. The summed E-state index contributed by atoms with van der Waals surface area (Å²) in [5, 5.41) is 13.6. The zero-order valence-electron chi connectivity index (χ0n) is 9.34. The molecule has 0 radical (unpaired) electrons. The van der Waals surface area contributed by atoms with Crippen LogP contribution in [0.4, 0.5) is 5.82 Å². The van der Waals surface area contributed by atoms with Gasteiger partial charge in [0.25, 0.3) is 0 Å². The number of H-pyrrole nitrogens is 1. The van der Waals surface area contributed by atoms with Crippen molar-refractivity contribution in [3.63, 3.8) is 0 Å². The number of nitrogens with one attached hydrogen (secondary N) is 2. The van der Waals surface area contributed by atoms with E-state index in [2.05, 4.69) is 25.6 Å². The third-order valence-electron chi connectivity index (χ3n) is 2.95. The van der Waals surface area contributed by atoms with Crippen LogP contribution in [0.15, 0.2) is 12.5 Å². The highest BCUT2D eigenvalue weighted by atomic mass is 16.1. The largest absolute Gasteiger partial charge is 0.311 e. The van der Waals surface area contributed by atoms with Crippen LogP contribution in [-0.2, 0) is 11.3 Å². The molecule has 3 heterocycles. The van der Waals surface area contributed by atoms with Crippen LogP contribution in [0.2, 0.25) is 0 Å². The monoisotopic (exact) mass is 232 g/mol. The lowest BCUT2D eigenvalue weighted by Gasteiger charge is -2.21. The molecule has 0 bridgehead atoms. The van der Waals surface area contributed by atoms with Gasteiger partial charge in [0.1, 0.15) is 18.0 Å². The van der Waals surface area contributed by atoms with Crippen molar-refractivity contribution in [2.24, 2.45) is 0 Å². The SMILES string of the molecule is CCn1ncnc1C1CC(=O)Nc2[nH]ncc21. The standard InChI is InChI=1S/C10H12N6O/c1-2-16-10(11-5-13-16)6-3-8(17)14-9-7(6)4-12-15-9/h4-6H,2-3H2,1H3,(H2,12,14,15,17). The van der Waals surface area contributed by atoms with E-state index in [-0.39, 0.29) is 11.8 Å². The Morgan fingerprint density at radius 3 is 3.29 bits per heavy atom. The Morgan fingerprint density at radius 2 is 2.47 bits per heavy atom. The minimum absolute atomic E-state index is 0.0302. The van der Waals surface area contributed by atoms with Crippen LogP contribution in [0.3, 0.4) is 0 Å². The van der Waals surface area contributed by atoms with E-state index < -0.39 is 0 Å². The highest BCUT2D eigenvalue weighted by molar-refractivity contribution is 5.93. The van der Waals surface area contributed by atoms with Crippen molar-refractivity contribution in [3.8, 4) is 0 Å². The minimum Gasteiger partial charge on any atom is -0.311 e. The van der Waals surface area contributed by atoms with Crippen molar-refractivity contribution < 1.29 is 4.79 Å². The lowest BCUT2D eigenvalue weighted by Crippen LogP contribution is -2.25. The van der Waals surface area contributed by atoms with E-state index in [9.17, 15) is 4.79 Å². The van der Waals surface area contributed by atoms with Crippen molar-refractivity contribution >= 4 is 11.7 Å². The average molecular weight is 232 g/mol. The number of hydrogen-bond acceptors (Lipinski definition) is 4.